The van der Waals surface area contributed by atoms with E-state index in [1.807, 2.05) is 30.9 Å². The number of aromatic nitrogens is 1. The molecule has 1 aliphatic heterocycles. The minimum atomic E-state index is -0.905. The lowest BCUT2D eigenvalue weighted by Gasteiger charge is -2.31. The number of thiazole rings is 1. The molecule has 10 heteroatoms. The maximum atomic E-state index is 12.9. The van der Waals surface area contributed by atoms with Crippen molar-refractivity contribution in [3.05, 3.63) is 75.7 Å². The number of hydrogen-bond acceptors (Lipinski definition) is 7. The molecule has 0 bridgehead atoms. The molecule has 1 aliphatic rings. The Kier molecular flexibility index (Phi) is 8.62. The van der Waals surface area contributed by atoms with E-state index in [1.165, 1.54) is 23.5 Å². The molecule has 1 saturated heterocycles. The van der Waals surface area contributed by atoms with Crippen LogP contribution in [0.25, 0.3) is 0 Å². The fourth-order valence-corrected chi connectivity index (χ4v) is 5.33. The summed E-state index contributed by atoms with van der Waals surface area (Å²) in [5, 5.41) is 14.6. The number of likely N-dealkylation sites (tertiary alicyclic amines) is 1. The van der Waals surface area contributed by atoms with Crippen LogP contribution in [-0.4, -0.2) is 57.9 Å². The minimum Gasteiger partial charge on any atom is -0.508 e. The van der Waals surface area contributed by atoms with E-state index < -0.39 is 17.9 Å². The smallest absolute Gasteiger partial charge is 0.271 e. The predicted octanol–water partition coefficient (Wildman–Crippen LogP) is 3.48. The van der Waals surface area contributed by atoms with Crippen LogP contribution < -0.4 is 15.8 Å². The molecule has 2 aromatic carbocycles. The second kappa shape index (κ2) is 12.1. The average molecular weight is 537 g/mol. The van der Waals surface area contributed by atoms with Crippen LogP contribution >= 0.6 is 11.3 Å². The number of phenols is 1. The maximum Gasteiger partial charge on any atom is 0.271 e. The molecule has 38 heavy (non-hydrogen) atoms. The third-order valence-corrected chi connectivity index (χ3v) is 7.39. The molecule has 2 heterocycles. The standard InChI is InChI=1S/C28H32N4O5S/c1-17(2)37-22-9-5-20(6-10-22)28(36)32-13-11-19(12-14-32)27-31-24(16-38-27)26(35)30-23(25(29)34)15-18-3-7-21(33)8-4-18/h3-10,16-17,19,23,33H,11-15H2,1-2H3,(H2,29,34)(H,30,35). The number of nitrogens with zero attached hydrogens (tertiary/aromatic N) is 2. The third kappa shape index (κ3) is 6.89. The Morgan fingerprint density at radius 2 is 1.76 bits per heavy atom. The van der Waals surface area contributed by atoms with Crippen molar-refractivity contribution >= 4 is 29.1 Å². The van der Waals surface area contributed by atoms with Crippen LogP contribution in [0.15, 0.2) is 53.9 Å². The molecule has 0 aliphatic carbocycles. The molecular weight excluding hydrogens is 504 g/mol. The first-order valence-electron chi connectivity index (χ1n) is 12.6. The number of ether oxygens (including phenoxy) is 1. The van der Waals surface area contributed by atoms with Gasteiger partial charge in [0.25, 0.3) is 11.8 Å². The van der Waals surface area contributed by atoms with E-state index in [0.717, 1.165) is 29.2 Å². The van der Waals surface area contributed by atoms with Crippen molar-refractivity contribution in [2.24, 2.45) is 5.73 Å². The van der Waals surface area contributed by atoms with Gasteiger partial charge in [0.05, 0.1) is 11.1 Å². The Morgan fingerprint density at radius 1 is 1.11 bits per heavy atom. The summed E-state index contributed by atoms with van der Waals surface area (Å²) < 4.78 is 5.65. The van der Waals surface area contributed by atoms with Gasteiger partial charge in [0, 0.05) is 36.4 Å². The molecular formula is C28H32N4O5S. The Balaban J connectivity index is 1.31. The van der Waals surface area contributed by atoms with Gasteiger partial charge in [0.15, 0.2) is 0 Å². The highest BCUT2D eigenvalue weighted by Gasteiger charge is 2.28. The zero-order chi connectivity index (χ0) is 27.2. The lowest BCUT2D eigenvalue weighted by atomic mass is 9.97. The first kappa shape index (κ1) is 27.1. The molecule has 3 amide bonds. The van der Waals surface area contributed by atoms with Gasteiger partial charge in [-0.25, -0.2) is 4.98 Å². The zero-order valence-corrected chi connectivity index (χ0v) is 22.2. The first-order valence-corrected chi connectivity index (χ1v) is 13.5. The van der Waals surface area contributed by atoms with E-state index in [9.17, 15) is 19.5 Å². The van der Waals surface area contributed by atoms with Crippen molar-refractivity contribution in [3.63, 3.8) is 0 Å². The number of benzene rings is 2. The summed E-state index contributed by atoms with van der Waals surface area (Å²) in [7, 11) is 0. The van der Waals surface area contributed by atoms with Gasteiger partial charge in [0.1, 0.15) is 23.2 Å². The lowest BCUT2D eigenvalue weighted by molar-refractivity contribution is -0.119. The fourth-order valence-electron chi connectivity index (χ4n) is 4.36. The van der Waals surface area contributed by atoms with Gasteiger partial charge in [0.2, 0.25) is 5.91 Å². The van der Waals surface area contributed by atoms with Crippen LogP contribution in [0.4, 0.5) is 0 Å². The largest absolute Gasteiger partial charge is 0.508 e. The normalized spacial score (nSPS) is 14.8. The molecule has 1 unspecified atom stereocenters. The number of amides is 3. The topological polar surface area (TPSA) is 135 Å². The monoisotopic (exact) mass is 536 g/mol. The van der Waals surface area contributed by atoms with E-state index in [1.54, 1.807) is 29.6 Å². The highest BCUT2D eigenvalue weighted by Crippen LogP contribution is 2.31. The number of hydrogen-bond donors (Lipinski definition) is 3. The number of carbonyl (C=O) groups excluding carboxylic acids is 3. The number of piperidine rings is 1. The van der Waals surface area contributed by atoms with Crippen molar-refractivity contribution in [3.8, 4) is 11.5 Å². The Bertz CT molecular complexity index is 1270. The molecule has 3 aromatic rings. The molecule has 9 nitrogen and oxygen atoms in total. The average Bonchev–Trinajstić information content (AvgIpc) is 3.40. The van der Waals surface area contributed by atoms with Gasteiger partial charge in [-0.3, -0.25) is 14.4 Å². The summed E-state index contributed by atoms with van der Waals surface area (Å²) in [4.78, 5) is 44.1. The van der Waals surface area contributed by atoms with Gasteiger partial charge >= 0.3 is 0 Å². The Morgan fingerprint density at radius 3 is 2.37 bits per heavy atom. The van der Waals surface area contributed by atoms with Gasteiger partial charge in [-0.1, -0.05) is 12.1 Å². The fraction of sp³-hybridized carbons (Fsp3) is 0.357. The summed E-state index contributed by atoms with van der Waals surface area (Å²) in [5.41, 5.74) is 7.13. The number of aromatic hydroxyl groups is 1. The number of phenolic OH excluding ortho intramolecular Hbond substituents is 1. The summed E-state index contributed by atoms with van der Waals surface area (Å²) in [6, 6.07) is 12.7. The maximum absolute atomic E-state index is 12.9. The second-order valence-electron chi connectivity index (χ2n) is 9.63. The van der Waals surface area contributed by atoms with Crippen LogP contribution in [0.1, 0.15) is 64.0 Å². The highest BCUT2D eigenvalue weighted by atomic mass is 32.1. The van der Waals surface area contributed by atoms with Crippen molar-refractivity contribution in [2.75, 3.05) is 13.1 Å². The van der Waals surface area contributed by atoms with E-state index in [-0.39, 0.29) is 35.8 Å². The molecule has 200 valence electrons. The molecule has 4 rings (SSSR count). The summed E-state index contributed by atoms with van der Waals surface area (Å²) in [6.45, 7) is 5.12. The third-order valence-electron chi connectivity index (χ3n) is 6.38. The molecule has 4 N–H and O–H groups in total. The highest BCUT2D eigenvalue weighted by molar-refractivity contribution is 7.09. The lowest BCUT2D eigenvalue weighted by Crippen LogP contribution is -2.46. The number of primary amides is 1. The van der Waals surface area contributed by atoms with Gasteiger partial charge < -0.3 is 25.8 Å². The van der Waals surface area contributed by atoms with Crippen LogP contribution in [0, 0.1) is 0 Å². The minimum absolute atomic E-state index is 0.00938. The van der Waals surface area contributed by atoms with Gasteiger partial charge in [-0.2, -0.15) is 0 Å². The molecule has 0 saturated carbocycles. The molecule has 1 fully saturated rings. The molecule has 0 radical (unpaired) electrons. The van der Waals surface area contributed by atoms with Gasteiger partial charge in [-0.05, 0) is 68.7 Å². The summed E-state index contributed by atoms with van der Waals surface area (Å²) in [5.74, 6) is -0.124. The van der Waals surface area contributed by atoms with E-state index >= 15 is 0 Å². The van der Waals surface area contributed by atoms with Crippen molar-refractivity contribution in [2.45, 2.75) is 51.2 Å². The van der Waals surface area contributed by atoms with Crippen molar-refractivity contribution < 1.29 is 24.2 Å². The number of nitrogens with two attached hydrogens (primary N) is 1. The van der Waals surface area contributed by atoms with E-state index in [0.29, 0.717) is 18.7 Å². The van der Waals surface area contributed by atoms with Crippen molar-refractivity contribution in [1.82, 2.24) is 15.2 Å². The molecule has 1 aromatic heterocycles. The molecule has 0 spiro atoms. The molecule has 1 atom stereocenters. The first-order chi connectivity index (χ1) is 18.2. The zero-order valence-electron chi connectivity index (χ0n) is 21.4. The summed E-state index contributed by atoms with van der Waals surface area (Å²) in [6.07, 6.45) is 1.78. The number of carbonyl (C=O) groups is 3. The van der Waals surface area contributed by atoms with Crippen LogP contribution in [0.2, 0.25) is 0 Å². The number of nitrogens with one attached hydrogen (secondary N) is 1. The quantitative estimate of drug-likeness (QED) is 0.383. The van der Waals surface area contributed by atoms with Crippen LogP contribution in [0.5, 0.6) is 11.5 Å². The number of rotatable bonds is 9. The Hall–Kier alpha value is -3.92. The SMILES string of the molecule is CC(C)Oc1ccc(C(=O)N2CCC(c3nc(C(=O)NC(Cc4ccc(O)cc4)C(N)=O)cs3)CC2)cc1. The van der Waals surface area contributed by atoms with Crippen molar-refractivity contribution in [1.29, 1.82) is 0 Å². The van der Waals surface area contributed by atoms with E-state index in [4.69, 9.17) is 10.5 Å². The van der Waals surface area contributed by atoms with Crippen LogP contribution in [-0.2, 0) is 11.2 Å². The van der Waals surface area contributed by atoms with Gasteiger partial charge in [-0.15, -0.1) is 11.3 Å². The Labute approximate surface area is 225 Å². The second-order valence-corrected chi connectivity index (χ2v) is 10.5. The predicted molar refractivity (Wildman–Crippen MR) is 144 cm³/mol. The van der Waals surface area contributed by atoms with E-state index in [2.05, 4.69) is 10.3 Å². The van der Waals surface area contributed by atoms with Crippen LogP contribution in [0.3, 0.4) is 0 Å². The summed E-state index contributed by atoms with van der Waals surface area (Å²) >= 11 is 1.40.